The average molecular weight is 271 g/mol. The summed E-state index contributed by atoms with van der Waals surface area (Å²) in [7, 11) is 1.82. The molecule has 0 saturated carbocycles. The van der Waals surface area contributed by atoms with E-state index in [4.69, 9.17) is 5.11 Å². The van der Waals surface area contributed by atoms with E-state index in [1.165, 1.54) is 11.3 Å². The molecule has 90 valence electrons. The third kappa shape index (κ3) is 3.43. The lowest BCUT2D eigenvalue weighted by atomic mass is 10.6. The van der Waals surface area contributed by atoms with Crippen molar-refractivity contribution >= 4 is 39.9 Å². The summed E-state index contributed by atoms with van der Waals surface area (Å²) in [5, 5.41) is 24.0. The van der Waals surface area contributed by atoms with Crippen molar-refractivity contribution in [1.29, 1.82) is 0 Å². The first-order valence-electron chi connectivity index (χ1n) is 4.57. The number of aliphatic carboxylic acids is 1. The Morgan fingerprint density at radius 3 is 3.12 bits per heavy atom. The third-order valence-electron chi connectivity index (χ3n) is 1.68. The number of carboxylic acids is 1. The molecule has 9 heteroatoms. The van der Waals surface area contributed by atoms with Crippen molar-refractivity contribution in [2.45, 2.75) is 4.34 Å². The molecule has 17 heavy (non-hydrogen) atoms. The van der Waals surface area contributed by atoms with E-state index < -0.39 is 5.97 Å². The van der Waals surface area contributed by atoms with Gasteiger partial charge in [-0.05, 0) is 0 Å². The largest absolute Gasteiger partial charge is 0.481 e. The van der Waals surface area contributed by atoms with E-state index in [1.807, 2.05) is 13.2 Å². The van der Waals surface area contributed by atoms with Gasteiger partial charge in [0, 0.05) is 13.2 Å². The summed E-state index contributed by atoms with van der Waals surface area (Å²) in [6.07, 6.45) is 3.48. The highest BCUT2D eigenvalue weighted by Crippen LogP contribution is 2.27. The standard InChI is InChI=1S/C8H9N5O2S2/c1-13-3-5(2-9-13)10-7-11-12-8(17-7)16-4-6(14)15/h2-3H,4H2,1H3,(H,10,11)(H,14,15). The van der Waals surface area contributed by atoms with Crippen molar-refractivity contribution in [3.05, 3.63) is 12.4 Å². The zero-order valence-electron chi connectivity index (χ0n) is 8.82. The summed E-state index contributed by atoms with van der Waals surface area (Å²) in [6.45, 7) is 0. The van der Waals surface area contributed by atoms with Crippen LogP contribution in [0, 0.1) is 0 Å². The van der Waals surface area contributed by atoms with Gasteiger partial charge in [-0.2, -0.15) is 5.10 Å². The number of carbonyl (C=O) groups is 1. The summed E-state index contributed by atoms with van der Waals surface area (Å²) in [5.74, 6) is -0.881. The molecule has 0 unspecified atom stereocenters. The molecular weight excluding hydrogens is 262 g/mol. The van der Waals surface area contributed by atoms with Crippen LogP contribution in [0.2, 0.25) is 0 Å². The van der Waals surface area contributed by atoms with E-state index in [9.17, 15) is 4.79 Å². The van der Waals surface area contributed by atoms with Crippen LogP contribution in [0.3, 0.4) is 0 Å². The lowest BCUT2D eigenvalue weighted by Crippen LogP contribution is -1.96. The van der Waals surface area contributed by atoms with Crippen LogP contribution in [-0.4, -0.2) is 36.8 Å². The summed E-state index contributed by atoms with van der Waals surface area (Å²) >= 11 is 2.46. The van der Waals surface area contributed by atoms with E-state index in [0.29, 0.717) is 9.47 Å². The second kappa shape index (κ2) is 5.15. The van der Waals surface area contributed by atoms with Crippen LogP contribution in [0.25, 0.3) is 0 Å². The van der Waals surface area contributed by atoms with Gasteiger partial charge in [0.1, 0.15) is 0 Å². The van der Waals surface area contributed by atoms with E-state index in [1.54, 1.807) is 10.9 Å². The molecule has 0 aliphatic carbocycles. The molecule has 0 bridgehead atoms. The summed E-state index contributed by atoms with van der Waals surface area (Å²) < 4.78 is 2.29. The quantitative estimate of drug-likeness (QED) is 0.789. The van der Waals surface area contributed by atoms with Crippen LogP contribution in [0.15, 0.2) is 16.7 Å². The number of aryl methyl sites for hydroxylation is 1. The first kappa shape index (κ1) is 11.9. The molecule has 0 saturated heterocycles. The number of anilines is 2. The molecule has 2 rings (SSSR count). The maximum absolute atomic E-state index is 10.4. The number of hydrogen-bond donors (Lipinski definition) is 2. The Kier molecular flexibility index (Phi) is 3.59. The van der Waals surface area contributed by atoms with Crippen LogP contribution in [-0.2, 0) is 11.8 Å². The number of hydrogen-bond acceptors (Lipinski definition) is 7. The minimum absolute atomic E-state index is 0.0124. The second-order valence-electron chi connectivity index (χ2n) is 3.08. The summed E-state index contributed by atoms with van der Waals surface area (Å²) in [6, 6.07) is 0. The van der Waals surface area contributed by atoms with Crippen molar-refractivity contribution < 1.29 is 9.90 Å². The van der Waals surface area contributed by atoms with Gasteiger partial charge in [0.2, 0.25) is 5.13 Å². The van der Waals surface area contributed by atoms with E-state index in [2.05, 4.69) is 20.6 Å². The Morgan fingerprint density at radius 2 is 2.47 bits per heavy atom. The molecule has 0 aliphatic rings. The molecule has 0 aromatic carbocycles. The Balaban J connectivity index is 1.96. The SMILES string of the molecule is Cn1cc(Nc2nnc(SCC(=O)O)s2)cn1. The fraction of sp³-hybridized carbons (Fsp3) is 0.250. The second-order valence-corrected chi connectivity index (χ2v) is 5.28. The first-order valence-corrected chi connectivity index (χ1v) is 6.37. The third-order valence-corrected chi connectivity index (χ3v) is 3.64. The smallest absolute Gasteiger partial charge is 0.313 e. The van der Waals surface area contributed by atoms with Crippen LogP contribution in [0.1, 0.15) is 0 Å². The molecule has 2 aromatic rings. The van der Waals surface area contributed by atoms with Gasteiger partial charge in [-0.15, -0.1) is 10.2 Å². The molecule has 0 spiro atoms. The molecule has 0 fully saturated rings. The average Bonchev–Trinajstić information content (AvgIpc) is 2.86. The molecule has 2 N–H and O–H groups in total. The fourth-order valence-corrected chi connectivity index (χ4v) is 2.54. The van der Waals surface area contributed by atoms with Crippen LogP contribution in [0.4, 0.5) is 10.8 Å². The van der Waals surface area contributed by atoms with E-state index in [-0.39, 0.29) is 5.75 Å². The number of carboxylic acid groups (broad SMARTS) is 1. The van der Waals surface area contributed by atoms with Gasteiger partial charge in [-0.25, -0.2) is 0 Å². The Bertz CT molecular complexity index is 523. The minimum Gasteiger partial charge on any atom is -0.481 e. The molecule has 0 radical (unpaired) electrons. The Hall–Kier alpha value is -1.61. The lowest BCUT2D eigenvalue weighted by molar-refractivity contribution is -0.133. The molecule has 0 atom stereocenters. The van der Waals surface area contributed by atoms with Crippen molar-refractivity contribution in [1.82, 2.24) is 20.0 Å². The van der Waals surface area contributed by atoms with Gasteiger partial charge >= 0.3 is 5.97 Å². The monoisotopic (exact) mass is 271 g/mol. The number of nitrogens with zero attached hydrogens (tertiary/aromatic N) is 4. The van der Waals surface area contributed by atoms with Gasteiger partial charge in [0.25, 0.3) is 0 Å². The highest BCUT2D eigenvalue weighted by atomic mass is 32.2. The van der Waals surface area contributed by atoms with Crippen molar-refractivity contribution in [3.8, 4) is 0 Å². The highest BCUT2D eigenvalue weighted by molar-refractivity contribution is 8.01. The van der Waals surface area contributed by atoms with Crippen molar-refractivity contribution in [2.24, 2.45) is 7.05 Å². The molecule has 2 heterocycles. The molecule has 0 aliphatic heterocycles. The van der Waals surface area contributed by atoms with E-state index >= 15 is 0 Å². The van der Waals surface area contributed by atoms with Crippen LogP contribution < -0.4 is 5.32 Å². The lowest BCUT2D eigenvalue weighted by Gasteiger charge is -1.94. The number of aromatic nitrogens is 4. The predicted molar refractivity (Wildman–Crippen MR) is 64.8 cm³/mol. The number of nitrogens with one attached hydrogen (secondary N) is 1. The predicted octanol–water partition coefficient (Wildman–Crippen LogP) is 1.19. The summed E-state index contributed by atoms with van der Waals surface area (Å²) in [4.78, 5) is 10.4. The Morgan fingerprint density at radius 1 is 1.65 bits per heavy atom. The zero-order chi connectivity index (χ0) is 12.3. The van der Waals surface area contributed by atoms with Gasteiger partial charge in [0.15, 0.2) is 4.34 Å². The molecule has 7 nitrogen and oxygen atoms in total. The zero-order valence-corrected chi connectivity index (χ0v) is 10.5. The highest BCUT2D eigenvalue weighted by Gasteiger charge is 2.07. The fourth-order valence-electron chi connectivity index (χ4n) is 1.05. The first-order chi connectivity index (χ1) is 8.13. The van der Waals surface area contributed by atoms with E-state index in [0.717, 1.165) is 17.4 Å². The van der Waals surface area contributed by atoms with Crippen molar-refractivity contribution in [3.63, 3.8) is 0 Å². The Labute approximate surface area is 105 Å². The van der Waals surface area contributed by atoms with Gasteiger partial charge in [0.05, 0.1) is 17.6 Å². The van der Waals surface area contributed by atoms with Crippen LogP contribution in [0.5, 0.6) is 0 Å². The molecule has 0 amide bonds. The number of rotatable bonds is 5. The normalized spacial score (nSPS) is 10.4. The van der Waals surface area contributed by atoms with Gasteiger partial charge in [-0.1, -0.05) is 23.1 Å². The van der Waals surface area contributed by atoms with Gasteiger partial charge in [-0.3, -0.25) is 9.48 Å². The number of thioether (sulfide) groups is 1. The maximum atomic E-state index is 10.4. The van der Waals surface area contributed by atoms with Crippen molar-refractivity contribution in [2.75, 3.05) is 11.1 Å². The topological polar surface area (TPSA) is 92.9 Å². The minimum atomic E-state index is -0.869. The maximum Gasteiger partial charge on any atom is 0.313 e. The molecular formula is C8H9N5O2S2. The summed E-state index contributed by atoms with van der Waals surface area (Å²) in [5.41, 5.74) is 0.818. The van der Waals surface area contributed by atoms with Gasteiger partial charge < -0.3 is 10.4 Å². The molecule has 2 aromatic heterocycles. The van der Waals surface area contributed by atoms with Crippen LogP contribution >= 0.6 is 23.1 Å².